The van der Waals surface area contributed by atoms with Crippen molar-refractivity contribution in [1.29, 1.82) is 0 Å². The molecule has 0 radical (unpaired) electrons. The van der Waals surface area contributed by atoms with Crippen molar-refractivity contribution < 1.29 is 13.2 Å². The molecule has 2 aromatic rings. The van der Waals surface area contributed by atoms with Gasteiger partial charge in [0, 0.05) is 18.5 Å². The first-order chi connectivity index (χ1) is 9.59. The van der Waals surface area contributed by atoms with Crippen LogP contribution in [0, 0.1) is 17.5 Å². The zero-order valence-corrected chi connectivity index (χ0v) is 10.8. The Morgan fingerprint density at radius 3 is 2.15 bits per heavy atom. The normalized spacial score (nSPS) is 16.8. The maximum absolute atomic E-state index is 13.3. The van der Waals surface area contributed by atoms with Gasteiger partial charge in [-0.05, 0) is 41.8 Å². The maximum atomic E-state index is 13.3. The summed E-state index contributed by atoms with van der Waals surface area (Å²) in [7, 11) is 0. The quantitative estimate of drug-likeness (QED) is 0.908. The summed E-state index contributed by atoms with van der Waals surface area (Å²) in [5, 5.41) is 3.20. The monoisotopic (exact) mass is 277 g/mol. The lowest BCUT2D eigenvalue weighted by molar-refractivity contribution is 0.274. The van der Waals surface area contributed by atoms with Crippen molar-refractivity contribution in [3.8, 4) is 0 Å². The predicted octanol–water partition coefficient (Wildman–Crippen LogP) is 3.19. The van der Waals surface area contributed by atoms with E-state index in [-0.39, 0.29) is 11.2 Å². The van der Waals surface area contributed by atoms with E-state index in [9.17, 15) is 13.2 Å². The average molecular weight is 277 g/mol. The molecule has 0 aromatic heterocycles. The molecular formula is C16H14F3N. The average Bonchev–Trinajstić information content (AvgIpc) is 2.39. The summed E-state index contributed by atoms with van der Waals surface area (Å²) in [5.74, 6) is -1.94. The number of benzene rings is 2. The zero-order valence-electron chi connectivity index (χ0n) is 10.8. The molecule has 1 aliphatic heterocycles. The number of hydrogen-bond donors (Lipinski definition) is 1. The van der Waals surface area contributed by atoms with Crippen molar-refractivity contribution in [3.05, 3.63) is 71.0 Å². The van der Waals surface area contributed by atoms with Crippen LogP contribution < -0.4 is 5.32 Å². The van der Waals surface area contributed by atoms with Crippen molar-refractivity contribution in [2.75, 3.05) is 13.1 Å². The molecule has 1 N–H and O–H groups in total. The number of rotatable bonds is 3. The van der Waals surface area contributed by atoms with Gasteiger partial charge in [-0.3, -0.25) is 0 Å². The fraction of sp³-hybridized carbons (Fsp3) is 0.250. The van der Waals surface area contributed by atoms with Gasteiger partial charge in [0.2, 0.25) is 0 Å². The van der Waals surface area contributed by atoms with Crippen LogP contribution in [0.3, 0.4) is 0 Å². The third-order valence-corrected chi connectivity index (χ3v) is 3.91. The molecule has 104 valence electrons. The number of nitrogens with one attached hydrogen (secondary N) is 1. The molecule has 1 aliphatic rings. The van der Waals surface area contributed by atoms with Crippen LogP contribution in [0.25, 0.3) is 0 Å². The SMILES string of the molecule is Fc1ccc(C2(Cc3ccc(F)c(F)c3)CNC2)cc1. The van der Waals surface area contributed by atoms with E-state index >= 15 is 0 Å². The van der Waals surface area contributed by atoms with Gasteiger partial charge in [-0.1, -0.05) is 18.2 Å². The van der Waals surface area contributed by atoms with Gasteiger partial charge in [0.15, 0.2) is 11.6 Å². The molecular weight excluding hydrogens is 263 g/mol. The van der Waals surface area contributed by atoms with Crippen LogP contribution in [0.1, 0.15) is 11.1 Å². The summed E-state index contributed by atoms with van der Waals surface area (Å²) in [5.41, 5.74) is 1.59. The first-order valence-corrected chi connectivity index (χ1v) is 6.50. The second-order valence-corrected chi connectivity index (χ2v) is 5.32. The van der Waals surface area contributed by atoms with Crippen LogP contribution in [0.4, 0.5) is 13.2 Å². The topological polar surface area (TPSA) is 12.0 Å². The second-order valence-electron chi connectivity index (χ2n) is 5.32. The highest BCUT2D eigenvalue weighted by atomic mass is 19.2. The van der Waals surface area contributed by atoms with Crippen molar-refractivity contribution in [3.63, 3.8) is 0 Å². The molecule has 0 bridgehead atoms. The lowest BCUT2D eigenvalue weighted by Crippen LogP contribution is -2.58. The lowest BCUT2D eigenvalue weighted by atomic mass is 9.71. The molecule has 0 amide bonds. The van der Waals surface area contributed by atoms with E-state index in [1.165, 1.54) is 18.2 Å². The Bertz CT molecular complexity index is 618. The van der Waals surface area contributed by atoms with Gasteiger partial charge in [-0.15, -0.1) is 0 Å². The first kappa shape index (κ1) is 13.2. The highest BCUT2D eigenvalue weighted by molar-refractivity contribution is 5.34. The van der Waals surface area contributed by atoms with Gasteiger partial charge in [-0.25, -0.2) is 13.2 Å². The third-order valence-electron chi connectivity index (χ3n) is 3.91. The minimum atomic E-state index is -0.837. The summed E-state index contributed by atoms with van der Waals surface area (Å²) in [6, 6.07) is 10.4. The Balaban J connectivity index is 1.89. The van der Waals surface area contributed by atoms with Crippen LogP contribution in [0.15, 0.2) is 42.5 Å². The van der Waals surface area contributed by atoms with Crippen LogP contribution in [-0.4, -0.2) is 13.1 Å². The van der Waals surface area contributed by atoms with Crippen LogP contribution in [-0.2, 0) is 11.8 Å². The molecule has 1 nitrogen and oxygen atoms in total. The van der Waals surface area contributed by atoms with E-state index in [0.717, 1.165) is 30.3 Å². The zero-order chi connectivity index (χ0) is 14.2. The van der Waals surface area contributed by atoms with Crippen LogP contribution >= 0.6 is 0 Å². The van der Waals surface area contributed by atoms with E-state index in [1.54, 1.807) is 18.2 Å². The largest absolute Gasteiger partial charge is 0.315 e. The molecule has 0 unspecified atom stereocenters. The fourth-order valence-corrected chi connectivity index (χ4v) is 2.70. The van der Waals surface area contributed by atoms with Gasteiger partial charge >= 0.3 is 0 Å². The minimum absolute atomic E-state index is 0.169. The van der Waals surface area contributed by atoms with Gasteiger partial charge in [-0.2, -0.15) is 0 Å². The molecule has 0 spiro atoms. The Hall–Kier alpha value is -1.81. The Morgan fingerprint density at radius 1 is 0.900 bits per heavy atom. The summed E-state index contributed by atoms with van der Waals surface area (Å²) in [6.45, 7) is 1.50. The first-order valence-electron chi connectivity index (χ1n) is 6.50. The third kappa shape index (κ3) is 2.31. The summed E-state index contributed by atoms with van der Waals surface area (Å²) in [4.78, 5) is 0. The van der Waals surface area contributed by atoms with E-state index in [0.29, 0.717) is 6.42 Å². The Morgan fingerprint density at radius 2 is 1.60 bits per heavy atom. The molecule has 3 rings (SSSR count). The molecule has 20 heavy (non-hydrogen) atoms. The van der Waals surface area contributed by atoms with Crippen molar-refractivity contribution in [2.45, 2.75) is 11.8 Å². The van der Waals surface area contributed by atoms with E-state index in [4.69, 9.17) is 0 Å². The highest BCUT2D eigenvalue weighted by Crippen LogP contribution is 2.33. The van der Waals surface area contributed by atoms with Gasteiger partial charge in [0.05, 0.1) is 0 Å². The van der Waals surface area contributed by atoms with Gasteiger partial charge in [0.1, 0.15) is 5.82 Å². The molecule has 1 saturated heterocycles. The molecule has 4 heteroatoms. The summed E-state index contributed by atoms with van der Waals surface area (Å²) < 4.78 is 39.3. The van der Waals surface area contributed by atoms with E-state index in [1.807, 2.05) is 0 Å². The highest BCUT2D eigenvalue weighted by Gasteiger charge is 2.38. The molecule has 1 heterocycles. The van der Waals surface area contributed by atoms with Gasteiger partial charge < -0.3 is 5.32 Å². The standard InChI is InChI=1S/C16H14F3N/c17-13-4-2-12(3-5-13)16(9-20-10-16)8-11-1-6-14(18)15(19)7-11/h1-7,20H,8-10H2. The van der Waals surface area contributed by atoms with E-state index < -0.39 is 11.6 Å². The summed E-state index contributed by atoms with van der Waals surface area (Å²) in [6.07, 6.45) is 0.600. The number of halogens is 3. The molecule has 0 aliphatic carbocycles. The van der Waals surface area contributed by atoms with Crippen LogP contribution in [0.5, 0.6) is 0 Å². The van der Waals surface area contributed by atoms with Crippen LogP contribution in [0.2, 0.25) is 0 Å². The second kappa shape index (κ2) is 4.94. The predicted molar refractivity (Wildman–Crippen MR) is 71.0 cm³/mol. The van der Waals surface area contributed by atoms with Crippen molar-refractivity contribution in [2.24, 2.45) is 0 Å². The van der Waals surface area contributed by atoms with E-state index in [2.05, 4.69) is 5.32 Å². The minimum Gasteiger partial charge on any atom is -0.315 e. The Labute approximate surface area is 115 Å². The Kier molecular flexibility index (Phi) is 3.26. The van der Waals surface area contributed by atoms with Crippen molar-refractivity contribution in [1.82, 2.24) is 5.32 Å². The fourth-order valence-electron chi connectivity index (χ4n) is 2.70. The molecule has 0 atom stereocenters. The number of hydrogen-bond acceptors (Lipinski definition) is 1. The smallest absolute Gasteiger partial charge is 0.159 e. The summed E-state index contributed by atoms with van der Waals surface area (Å²) >= 11 is 0. The van der Waals surface area contributed by atoms with Crippen molar-refractivity contribution >= 4 is 0 Å². The molecule has 1 fully saturated rings. The molecule has 0 saturated carbocycles. The lowest BCUT2D eigenvalue weighted by Gasteiger charge is -2.43. The maximum Gasteiger partial charge on any atom is 0.159 e. The molecule has 2 aromatic carbocycles. The van der Waals surface area contributed by atoms with Gasteiger partial charge in [0.25, 0.3) is 0 Å².